The summed E-state index contributed by atoms with van der Waals surface area (Å²) in [5.74, 6) is 0.622. The number of aromatic nitrogens is 2. The van der Waals surface area contributed by atoms with Crippen LogP contribution in [0.4, 0.5) is 0 Å². The lowest BCUT2D eigenvalue weighted by molar-refractivity contribution is 0.0465. The molecule has 0 atom stereocenters. The number of aryl methyl sites for hydroxylation is 1. The molecular formula is C18H18N2O4. The number of methoxy groups -OCH3 is 2. The SMILES string of the molecule is COc1cc(OC)cc(C(=O)OCc2c(C)nc3ccccn23)c1. The third-order valence-electron chi connectivity index (χ3n) is 3.76. The molecule has 0 unspecified atom stereocenters. The first kappa shape index (κ1) is 15.9. The zero-order valence-electron chi connectivity index (χ0n) is 13.8. The molecule has 0 fully saturated rings. The van der Waals surface area contributed by atoms with Crippen LogP contribution in [-0.4, -0.2) is 29.6 Å². The van der Waals surface area contributed by atoms with E-state index in [0.717, 1.165) is 17.0 Å². The zero-order valence-corrected chi connectivity index (χ0v) is 13.8. The third kappa shape index (κ3) is 3.03. The number of esters is 1. The molecule has 0 aliphatic carbocycles. The molecule has 124 valence electrons. The van der Waals surface area contributed by atoms with Crippen molar-refractivity contribution in [3.8, 4) is 11.5 Å². The van der Waals surface area contributed by atoms with E-state index in [1.165, 1.54) is 14.2 Å². The number of hydrogen-bond donors (Lipinski definition) is 0. The number of carbonyl (C=O) groups excluding carboxylic acids is 1. The molecule has 0 radical (unpaired) electrons. The van der Waals surface area contributed by atoms with Gasteiger partial charge in [0.15, 0.2) is 0 Å². The third-order valence-corrected chi connectivity index (χ3v) is 3.76. The maximum absolute atomic E-state index is 12.4. The summed E-state index contributed by atoms with van der Waals surface area (Å²) in [5, 5.41) is 0. The summed E-state index contributed by atoms with van der Waals surface area (Å²) in [4.78, 5) is 16.8. The largest absolute Gasteiger partial charge is 0.497 e. The van der Waals surface area contributed by atoms with Gasteiger partial charge >= 0.3 is 5.97 Å². The van der Waals surface area contributed by atoms with Crippen LogP contribution in [0.15, 0.2) is 42.6 Å². The Morgan fingerprint density at radius 3 is 2.50 bits per heavy atom. The van der Waals surface area contributed by atoms with Gasteiger partial charge in [-0.15, -0.1) is 0 Å². The standard InChI is InChI=1S/C18H18N2O4/c1-12-16(20-7-5-4-6-17(20)19-12)11-24-18(21)13-8-14(22-2)10-15(9-13)23-3/h4-10H,11H2,1-3H3. The number of ether oxygens (including phenoxy) is 3. The Hall–Kier alpha value is -3.02. The van der Waals surface area contributed by atoms with Crippen molar-refractivity contribution in [3.63, 3.8) is 0 Å². The van der Waals surface area contributed by atoms with Crippen molar-refractivity contribution in [3.05, 3.63) is 59.5 Å². The lowest BCUT2D eigenvalue weighted by Gasteiger charge is -2.09. The Labute approximate surface area is 139 Å². The van der Waals surface area contributed by atoms with Crippen LogP contribution < -0.4 is 9.47 Å². The van der Waals surface area contributed by atoms with Crippen LogP contribution in [0.3, 0.4) is 0 Å². The predicted octanol–water partition coefficient (Wildman–Crippen LogP) is 3.02. The zero-order chi connectivity index (χ0) is 17.1. The van der Waals surface area contributed by atoms with Crippen LogP contribution in [0, 0.1) is 6.92 Å². The molecule has 0 aliphatic heterocycles. The lowest BCUT2D eigenvalue weighted by Crippen LogP contribution is -2.08. The summed E-state index contributed by atoms with van der Waals surface area (Å²) in [5.41, 5.74) is 2.87. The van der Waals surface area contributed by atoms with Gasteiger partial charge in [0.05, 0.1) is 31.2 Å². The number of carbonyl (C=O) groups is 1. The number of pyridine rings is 1. The molecule has 0 saturated heterocycles. The minimum atomic E-state index is -0.447. The second-order valence-corrected chi connectivity index (χ2v) is 5.25. The first-order valence-electron chi connectivity index (χ1n) is 7.45. The van der Waals surface area contributed by atoms with Crippen LogP contribution in [0.25, 0.3) is 5.65 Å². The van der Waals surface area contributed by atoms with Gasteiger partial charge in [-0.05, 0) is 31.2 Å². The Bertz CT molecular complexity index is 864. The summed E-state index contributed by atoms with van der Waals surface area (Å²) in [6, 6.07) is 10.7. The van der Waals surface area contributed by atoms with E-state index in [0.29, 0.717) is 17.1 Å². The summed E-state index contributed by atoms with van der Waals surface area (Å²) in [6.07, 6.45) is 1.90. The second kappa shape index (κ2) is 6.62. The van der Waals surface area contributed by atoms with Crippen LogP contribution in [0.5, 0.6) is 11.5 Å². The molecule has 3 rings (SSSR count). The number of rotatable bonds is 5. The molecule has 6 nitrogen and oxygen atoms in total. The van der Waals surface area contributed by atoms with E-state index >= 15 is 0 Å². The average molecular weight is 326 g/mol. The summed E-state index contributed by atoms with van der Waals surface area (Å²) in [6.45, 7) is 2.03. The highest BCUT2D eigenvalue weighted by molar-refractivity contribution is 5.90. The molecule has 0 spiro atoms. The molecule has 0 N–H and O–H groups in total. The van der Waals surface area contributed by atoms with Crippen molar-refractivity contribution >= 4 is 11.6 Å². The maximum atomic E-state index is 12.4. The van der Waals surface area contributed by atoms with E-state index < -0.39 is 5.97 Å². The minimum Gasteiger partial charge on any atom is -0.497 e. The number of hydrogen-bond acceptors (Lipinski definition) is 5. The Balaban J connectivity index is 1.81. The quantitative estimate of drug-likeness (QED) is 0.675. The molecule has 0 amide bonds. The maximum Gasteiger partial charge on any atom is 0.338 e. The molecule has 0 saturated carbocycles. The first-order chi connectivity index (χ1) is 11.6. The van der Waals surface area contributed by atoms with Gasteiger partial charge in [0.25, 0.3) is 0 Å². The molecular weight excluding hydrogens is 308 g/mol. The van der Waals surface area contributed by atoms with Crippen LogP contribution in [-0.2, 0) is 11.3 Å². The predicted molar refractivity (Wildman–Crippen MR) is 88.6 cm³/mol. The van der Waals surface area contributed by atoms with Gasteiger partial charge in [0.2, 0.25) is 0 Å². The van der Waals surface area contributed by atoms with Crippen molar-refractivity contribution in [1.29, 1.82) is 0 Å². The highest BCUT2D eigenvalue weighted by Gasteiger charge is 2.14. The van der Waals surface area contributed by atoms with Gasteiger partial charge in [0.1, 0.15) is 23.8 Å². The molecule has 2 aromatic heterocycles. The van der Waals surface area contributed by atoms with Gasteiger partial charge < -0.3 is 18.6 Å². The molecule has 6 heteroatoms. The van der Waals surface area contributed by atoms with Gasteiger partial charge in [-0.2, -0.15) is 0 Å². The van der Waals surface area contributed by atoms with Crippen LogP contribution in [0.1, 0.15) is 21.7 Å². The van der Waals surface area contributed by atoms with Crippen molar-refractivity contribution in [2.45, 2.75) is 13.5 Å². The Morgan fingerprint density at radius 1 is 1.12 bits per heavy atom. The van der Waals surface area contributed by atoms with E-state index in [1.807, 2.05) is 35.7 Å². The molecule has 1 aromatic carbocycles. The molecule has 24 heavy (non-hydrogen) atoms. The normalized spacial score (nSPS) is 10.6. The topological polar surface area (TPSA) is 62.1 Å². The number of nitrogens with zero attached hydrogens (tertiary/aromatic N) is 2. The highest BCUT2D eigenvalue weighted by atomic mass is 16.5. The van der Waals surface area contributed by atoms with E-state index in [4.69, 9.17) is 14.2 Å². The second-order valence-electron chi connectivity index (χ2n) is 5.25. The number of benzene rings is 1. The average Bonchev–Trinajstić information content (AvgIpc) is 2.94. The summed E-state index contributed by atoms with van der Waals surface area (Å²) < 4.78 is 17.7. The van der Waals surface area contributed by atoms with Crippen molar-refractivity contribution < 1.29 is 19.0 Å². The minimum absolute atomic E-state index is 0.134. The van der Waals surface area contributed by atoms with Gasteiger partial charge in [-0.1, -0.05) is 6.07 Å². The van der Waals surface area contributed by atoms with E-state index in [1.54, 1.807) is 18.2 Å². The van der Waals surface area contributed by atoms with Crippen molar-refractivity contribution in [2.75, 3.05) is 14.2 Å². The van der Waals surface area contributed by atoms with Crippen LogP contribution in [0.2, 0.25) is 0 Å². The van der Waals surface area contributed by atoms with Crippen LogP contribution >= 0.6 is 0 Å². The Kier molecular flexibility index (Phi) is 4.37. The highest BCUT2D eigenvalue weighted by Crippen LogP contribution is 2.23. The lowest BCUT2D eigenvalue weighted by atomic mass is 10.2. The fraction of sp³-hybridized carbons (Fsp3) is 0.222. The summed E-state index contributed by atoms with van der Waals surface area (Å²) in [7, 11) is 3.07. The van der Waals surface area contributed by atoms with Crippen molar-refractivity contribution in [2.24, 2.45) is 0 Å². The van der Waals surface area contributed by atoms with Gasteiger partial charge in [-0.3, -0.25) is 0 Å². The monoisotopic (exact) mass is 326 g/mol. The molecule has 0 bridgehead atoms. The number of imidazole rings is 1. The van der Waals surface area contributed by atoms with Crippen molar-refractivity contribution in [1.82, 2.24) is 9.38 Å². The smallest absolute Gasteiger partial charge is 0.338 e. The fourth-order valence-corrected chi connectivity index (χ4v) is 2.48. The van der Waals surface area contributed by atoms with Gasteiger partial charge in [-0.25, -0.2) is 9.78 Å². The van der Waals surface area contributed by atoms with Gasteiger partial charge in [0, 0.05) is 12.3 Å². The molecule has 2 heterocycles. The molecule has 0 aliphatic rings. The molecule has 3 aromatic rings. The Morgan fingerprint density at radius 2 is 1.83 bits per heavy atom. The number of fused-ring (bicyclic) bond motifs is 1. The first-order valence-corrected chi connectivity index (χ1v) is 7.45. The van der Waals surface area contributed by atoms with E-state index in [2.05, 4.69) is 4.98 Å². The van der Waals surface area contributed by atoms with E-state index in [-0.39, 0.29) is 6.61 Å². The fourth-order valence-electron chi connectivity index (χ4n) is 2.48. The van der Waals surface area contributed by atoms with E-state index in [9.17, 15) is 4.79 Å². The summed E-state index contributed by atoms with van der Waals surface area (Å²) >= 11 is 0.